The van der Waals surface area contributed by atoms with Gasteiger partial charge in [0.2, 0.25) is 0 Å². The van der Waals surface area contributed by atoms with Gasteiger partial charge in [-0.2, -0.15) is 0 Å². The number of carbonyl (C=O) groups is 1. The normalized spacial score (nSPS) is 10.4. The van der Waals surface area contributed by atoms with Crippen LogP contribution in [0.1, 0.15) is 16.1 Å². The van der Waals surface area contributed by atoms with Crippen LogP contribution in [0, 0.1) is 6.92 Å². The minimum absolute atomic E-state index is 0.308. The summed E-state index contributed by atoms with van der Waals surface area (Å²) in [5.41, 5.74) is 2.81. The molecule has 0 aliphatic rings. The zero-order valence-electron chi connectivity index (χ0n) is 7.66. The molecule has 0 atom stereocenters. The molecular weight excluding hydrogens is 180 g/mol. The molecule has 0 bridgehead atoms. The number of hydrogen-bond donors (Lipinski definition) is 3. The Kier molecular flexibility index (Phi) is 1.89. The van der Waals surface area contributed by atoms with Gasteiger partial charge in [-0.15, -0.1) is 0 Å². The Morgan fingerprint density at radius 1 is 1.43 bits per heavy atom. The quantitative estimate of drug-likeness (QED) is 0.678. The van der Waals surface area contributed by atoms with Crippen molar-refractivity contribution in [2.75, 3.05) is 0 Å². The Morgan fingerprint density at radius 3 is 2.79 bits per heavy atom. The maximum absolute atomic E-state index is 10.9. The van der Waals surface area contributed by atoms with Crippen molar-refractivity contribution in [1.82, 2.24) is 9.97 Å². The average molecular weight is 190 g/mol. The van der Waals surface area contributed by atoms with Gasteiger partial charge < -0.3 is 15.1 Å². The van der Waals surface area contributed by atoms with E-state index in [9.17, 15) is 4.79 Å². The van der Waals surface area contributed by atoms with E-state index in [0.717, 1.165) is 16.8 Å². The molecule has 0 amide bonds. The van der Waals surface area contributed by atoms with E-state index >= 15 is 0 Å². The molecule has 2 heterocycles. The number of hydrogen-bond acceptors (Lipinski definition) is 1. The van der Waals surface area contributed by atoms with Gasteiger partial charge in [-0.3, -0.25) is 0 Å². The monoisotopic (exact) mass is 190 g/mol. The smallest absolute Gasteiger partial charge is 0.337 e. The molecule has 14 heavy (non-hydrogen) atoms. The first kappa shape index (κ1) is 8.62. The van der Waals surface area contributed by atoms with Crippen LogP contribution in [0.4, 0.5) is 0 Å². The summed E-state index contributed by atoms with van der Waals surface area (Å²) in [4.78, 5) is 16.7. The SMILES string of the molecule is Cc1[nH]cc(C(=O)O)c1-c1cc[nH]c1. The summed E-state index contributed by atoms with van der Waals surface area (Å²) in [6.45, 7) is 1.86. The van der Waals surface area contributed by atoms with Crippen LogP contribution >= 0.6 is 0 Å². The van der Waals surface area contributed by atoms with Crippen molar-refractivity contribution in [2.24, 2.45) is 0 Å². The van der Waals surface area contributed by atoms with E-state index in [1.807, 2.05) is 13.0 Å². The van der Waals surface area contributed by atoms with Crippen molar-refractivity contribution < 1.29 is 9.90 Å². The summed E-state index contributed by atoms with van der Waals surface area (Å²) in [5, 5.41) is 8.95. The fraction of sp³-hybridized carbons (Fsp3) is 0.100. The van der Waals surface area contributed by atoms with Gasteiger partial charge in [0.1, 0.15) is 0 Å². The highest BCUT2D eigenvalue weighted by Crippen LogP contribution is 2.26. The van der Waals surface area contributed by atoms with Gasteiger partial charge in [-0.1, -0.05) is 0 Å². The van der Waals surface area contributed by atoms with Crippen molar-refractivity contribution in [3.05, 3.63) is 35.9 Å². The number of rotatable bonds is 2. The number of carboxylic acids is 1. The second-order valence-corrected chi connectivity index (χ2v) is 3.11. The van der Waals surface area contributed by atoms with Crippen LogP contribution in [0.15, 0.2) is 24.7 Å². The first-order valence-corrected chi connectivity index (χ1v) is 4.24. The largest absolute Gasteiger partial charge is 0.478 e. The molecule has 0 unspecified atom stereocenters. The van der Waals surface area contributed by atoms with Crippen molar-refractivity contribution in [1.29, 1.82) is 0 Å². The Hall–Kier alpha value is -1.97. The highest BCUT2D eigenvalue weighted by atomic mass is 16.4. The summed E-state index contributed by atoms with van der Waals surface area (Å²) >= 11 is 0. The van der Waals surface area contributed by atoms with Gasteiger partial charge in [0, 0.05) is 35.4 Å². The van der Waals surface area contributed by atoms with Crippen molar-refractivity contribution in [2.45, 2.75) is 6.92 Å². The predicted octanol–water partition coefficient (Wildman–Crippen LogP) is 2.02. The fourth-order valence-electron chi connectivity index (χ4n) is 1.55. The lowest BCUT2D eigenvalue weighted by atomic mass is 10.1. The molecule has 0 aliphatic carbocycles. The molecular formula is C10H10N2O2. The predicted molar refractivity (Wildman–Crippen MR) is 52.3 cm³/mol. The second-order valence-electron chi connectivity index (χ2n) is 3.11. The molecule has 0 saturated carbocycles. The van der Waals surface area contributed by atoms with Crippen molar-refractivity contribution >= 4 is 5.97 Å². The minimum atomic E-state index is -0.912. The van der Waals surface area contributed by atoms with E-state index < -0.39 is 5.97 Å². The lowest BCUT2D eigenvalue weighted by Gasteiger charge is -1.98. The molecule has 2 rings (SSSR count). The Labute approximate surface area is 80.6 Å². The van der Waals surface area contributed by atoms with E-state index in [-0.39, 0.29) is 0 Å². The third kappa shape index (κ3) is 1.21. The van der Waals surface area contributed by atoms with Crippen LogP contribution in [0.2, 0.25) is 0 Å². The van der Waals surface area contributed by atoms with Gasteiger partial charge in [0.25, 0.3) is 0 Å². The lowest BCUT2D eigenvalue weighted by molar-refractivity contribution is 0.0698. The zero-order chi connectivity index (χ0) is 10.1. The summed E-state index contributed by atoms with van der Waals surface area (Å²) < 4.78 is 0. The molecule has 2 aromatic heterocycles. The van der Waals surface area contributed by atoms with Gasteiger partial charge in [-0.05, 0) is 13.0 Å². The van der Waals surface area contributed by atoms with E-state index in [1.54, 1.807) is 12.4 Å². The Bertz CT molecular complexity index is 454. The second kappa shape index (κ2) is 3.06. The number of nitrogens with one attached hydrogen (secondary N) is 2. The third-order valence-electron chi connectivity index (χ3n) is 2.19. The molecule has 0 aliphatic heterocycles. The molecule has 0 saturated heterocycles. The Morgan fingerprint density at radius 2 is 2.21 bits per heavy atom. The van der Waals surface area contributed by atoms with Crippen LogP contribution in [-0.4, -0.2) is 21.0 Å². The lowest BCUT2D eigenvalue weighted by Crippen LogP contribution is -1.95. The van der Waals surface area contributed by atoms with Crippen molar-refractivity contribution in [3.8, 4) is 11.1 Å². The van der Waals surface area contributed by atoms with Crippen LogP contribution in [-0.2, 0) is 0 Å². The third-order valence-corrected chi connectivity index (χ3v) is 2.19. The maximum Gasteiger partial charge on any atom is 0.337 e. The summed E-state index contributed by atoms with van der Waals surface area (Å²) in [6.07, 6.45) is 5.07. The molecule has 4 heteroatoms. The number of carboxylic acid groups (broad SMARTS) is 1. The van der Waals surface area contributed by atoms with Crippen LogP contribution < -0.4 is 0 Å². The number of H-pyrrole nitrogens is 2. The topological polar surface area (TPSA) is 68.9 Å². The van der Waals surface area contributed by atoms with E-state index in [0.29, 0.717) is 5.56 Å². The molecule has 72 valence electrons. The highest BCUT2D eigenvalue weighted by molar-refractivity contribution is 5.96. The van der Waals surface area contributed by atoms with Gasteiger partial charge in [-0.25, -0.2) is 4.79 Å². The summed E-state index contributed by atoms with van der Waals surface area (Å²) in [6, 6.07) is 1.85. The maximum atomic E-state index is 10.9. The van der Waals surface area contributed by atoms with Crippen LogP contribution in [0.3, 0.4) is 0 Å². The number of aromatic nitrogens is 2. The minimum Gasteiger partial charge on any atom is -0.478 e. The van der Waals surface area contributed by atoms with Crippen LogP contribution in [0.25, 0.3) is 11.1 Å². The molecule has 0 spiro atoms. The van der Waals surface area contributed by atoms with Gasteiger partial charge >= 0.3 is 5.97 Å². The summed E-state index contributed by atoms with van der Waals surface area (Å²) in [5.74, 6) is -0.912. The summed E-state index contributed by atoms with van der Waals surface area (Å²) in [7, 11) is 0. The van der Waals surface area contributed by atoms with E-state index in [4.69, 9.17) is 5.11 Å². The first-order valence-electron chi connectivity index (χ1n) is 4.24. The molecule has 2 aromatic rings. The molecule has 4 nitrogen and oxygen atoms in total. The average Bonchev–Trinajstić information content (AvgIpc) is 2.71. The molecule has 0 fully saturated rings. The molecule has 3 N–H and O–H groups in total. The number of aryl methyl sites for hydroxylation is 1. The van der Waals surface area contributed by atoms with Crippen LogP contribution in [0.5, 0.6) is 0 Å². The molecule has 0 radical (unpaired) electrons. The van der Waals surface area contributed by atoms with E-state index in [1.165, 1.54) is 6.20 Å². The zero-order valence-corrected chi connectivity index (χ0v) is 7.66. The first-order chi connectivity index (χ1) is 6.70. The van der Waals surface area contributed by atoms with Gasteiger partial charge in [0.15, 0.2) is 0 Å². The van der Waals surface area contributed by atoms with Gasteiger partial charge in [0.05, 0.1) is 5.56 Å². The van der Waals surface area contributed by atoms with E-state index in [2.05, 4.69) is 9.97 Å². The standard InChI is InChI=1S/C10H10N2O2/c1-6-9(7-2-3-11-4-7)8(5-12-6)10(13)14/h2-5,11-12H,1H3,(H,13,14). The van der Waals surface area contributed by atoms with Crippen molar-refractivity contribution in [3.63, 3.8) is 0 Å². The number of aromatic carboxylic acids is 1. The Balaban J connectivity index is 2.62. The number of aromatic amines is 2. The molecule has 0 aromatic carbocycles. The highest BCUT2D eigenvalue weighted by Gasteiger charge is 2.15. The fourth-order valence-corrected chi connectivity index (χ4v) is 1.55.